The predicted molar refractivity (Wildman–Crippen MR) is 56.0 cm³/mol. The summed E-state index contributed by atoms with van der Waals surface area (Å²) in [4.78, 5) is 14.2. The number of aromatic amines is 1. The molecular weight excluding hydrogens is 195 g/mol. The Morgan fingerprint density at radius 2 is 2.33 bits per heavy atom. The van der Waals surface area contributed by atoms with Gasteiger partial charge in [0, 0.05) is 24.1 Å². The second-order valence-corrected chi connectivity index (χ2v) is 3.35. The number of aromatic nitrogens is 1. The van der Waals surface area contributed by atoms with Crippen LogP contribution in [0, 0.1) is 5.82 Å². The zero-order chi connectivity index (χ0) is 10.8. The van der Waals surface area contributed by atoms with Gasteiger partial charge in [0.15, 0.2) is 0 Å². The van der Waals surface area contributed by atoms with Gasteiger partial charge in [-0.3, -0.25) is 4.79 Å². The van der Waals surface area contributed by atoms with Crippen molar-refractivity contribution < 1.29 is 9.18 Å². The van der Waals surface area contributed by atoms with Crippen molar-refractivity contribution in [1.29, 1.82) is 0 Å². The van der Waals surface area contributed by atoms with Crippen LogP contribution in [0.15, 0.2) is 24.4 Å². The van der Waals surface area contributed by atoms with Gasteiger partial charge in [0.25, 0.3) is 0 Å². The molecule has 2 rings (SSSR count). The van der Waals surface area contributed by atoms with E-state index in [2.05, 4.69) is 10.3 Å². The standard InChI is InChI=1S/C11H11FN2O/c1-13-11(15)4-7-6-14-10-3-2-8(12)5-9(7)10/h2-3,5-6,14H,4H2,1H3,(H,13,15). The lowest BCUT2D eigenvalue weighted by molar-refractivity contribution is -0.119. The summed E-state index contributed by atoms with van der Waals surface area (Å²) in [6.45, 7) is 0. The van der Waals surface area contributed by atoms with Crippen LogP contribution in [0.3, 0.4) is 0 Å². The first kappa shape index (κ1) is 9.71. The third-order valence-electron chi connectivity index (χ3n) is 2.36. The van der Waals surface area contributed by atoms with Crippen molar-refractivity contribution in [3.8, 4) is 0 Å². The zero-order valence-corrected chi connectivity index (χ0v) is 8.30. The molecule has 0 spiro atoms. The molecule has 15 heavy (non-hydrogen) atoms. The molecule has 0 bridgehead atoms. The van der Waals surface area contributed by atoms with Gasteiger partial charge >= 0.3 is 0 Å². The number of hydrogen-bond acceptors (Lipinski definition) is 1. The van der Waals surface area contributed by atoms with Gasteiger partial charge in [-0.2, -0.15) is 0 Å². The molecule has 1 heterocycles. The van der Waals surface area contributed by atoms with E-state index in [1.54, 1.807) is 19.3 Å². The number of nitrogens with one attached hydrogen (secondary N) is 2. The first-order chi connectivity index (χ1) is 7.20. The summed E-state index contributed by atoms with van der Waals surface area (Å²) in [6.07, 6.45) is 2.00. The predicted octanol–water partition coefficient (Wildman–Crippen LogP) is 1.60. The fourth-order valence-corrected chi connectivity index (χ4v) is 1.56. The fraction of sp³-hybridized carbons (Fsp3) is 0.182. The Hall–Kier alpha value is -1.84. The van der Waals surface area contributed by atoms with E-state index in [-0.39, 0.29) is 18.1 Å². The maximum Gasteiger partial charge on any atom is 0.224 e. The minimum atomic E-state index is -0.291. The van der Waals surface area contributed by atoms with E-state index >= 15 is 0 Å². The van der Waals surface area contributed by atoms with Gasteiger partial charge < -0.3 is 10.3 Å². The summed E-state index contributed by atoms with van der Waals surface area (Å²) in [5.74, 6) is -0.375. The highest BCUT2D eigenvalue weighted by molar-refractivity contribution is 5.88. The first-order valence-corrected chi connectivity index (χ1v) is 4.67. The van der Waals surface area contributed by atoms with E-state index in [1.165, 1.54) is 12.1 Å². The molecule has 2 N–H and O–H groups in total. The molecule has 0 unspecified atom stereocenters. The van der Waals surface area contributed by atoms with Crippen LogP contribution in [-0.4, -0.2) is 17.9 Å². The number of amides is 1. The molecule has 0 fully saturated rings. The van der Waals surface area contributed by atoms with Crippen molar-refractivity contribution in [1.82, 2.24) is 10.3 Å². The SMILES string of the molecule is CNC(=O)Cc1c[nH]c2ccc(F)cc12. The average Bonchev–Trinajstić information content (AvgIpc) is 2.61. The summed E-state index contributed by atoms with van der Waals surface area (Å²) in [6, 6.07) is 4.49. The number of H-pyrrole nitrogens is 1. The minimum absolute atomic E-state index is 0.0832. The number of fused-ring (bicyclic) bond motifs is 1. The molecule has 0 aliphatic rings. The molecule has 2 aromatic rings. The van der Waals surface area contributed by atoms with Crippen LogP contribution in [0.2, 0.25) is 0 Å². The summed E-state index contributed by atoms with van der Waals surface area (Å²) in [7, 11) is 1.58. The maximum atomic E-state index is 13.0. The fourth-order valence-electron chi connectivity index (χ4n) is 1.56. The highest BCUT2D eigenvalue weighted by Gasteiger charge is 2.07. The molecule has 0 saturated heterocycles. The van der Waals surface area contributed by atoms with Crippen molar-refractivity contribution in [2.24, 2.45) is 0 Å². The Morgan fingerprint density at radius 3 is 3.07 bits per heavy atom. The second-order valence-electron chi connectivity index (χ2n) is 3.35. The van der Waals surface area contributed by atoms with E-state index in [9.17, 15) is 9.18 Å². The molecule has 0 radical (unpaired) electrons. The monoisotopic (exact) mass is 206 g/mol. The second kappa shape index (κ2) is 3.73. The summed E-state index contributed by atoms with van der Waals surface area (Å²) < 4.78 is 13.0. The van der Waals surface area contributed by atoms with Crippen LogP contribution in [0.5, 0.6) is 0 Å². The van der Waals surface area contributed by atoms with E-state index < -0.39 is 0 Å². The summed E-state index contributed by atoms with van der Waals surface area (Å²) in [5.41, 5.74) is 1.65. The molecule has 4 heteroatoms. The molecule has 1 amide bonds. The lowest BCUT2D eigenvalue weighted by Gasteiger charge is -1.98. The lowest BCUT2D eigenvalue weighted by atomic mass is 10.1. The first-order valence-electron chi connectivity index (χ1n) is 4.67. The molecule has 1 aromatic carbocycles. The Bertz CT molecular complexity index is 504. The third-order valence-corrected chi connectivity index (χ3v) is 2.36. The van der Waals surface area contributed by atoms with Crippen LogP contribution in [0.4, 0.5) is 4.39 Å². The molecule has 0 aliphatic carbocycles. The number of benzene rings is 1. The summed E-state index contributed by atoms with van der Waals surface area (Å²) in [5, 5.41) is 3.30. The van der Waals surface area contributed by atoms with E-state index in [0.29, 0.717) is 0 Å². The number of halogens is 1. The molecule has 0 saturated carbocycles. The Labute approximate surface area is 86.3 Å². The van der Waals surface area contributed by atoms with Gasteiger partial charge in [-0.05, 0) is 23.8 Å². The summed E-state index contributed by atoms with van der Waals surface area (Å²) >= 11 is 0. The highest BCUT2D eigenvalue weighted by Crippen LogP contribution is 2.19. The van der Waals surface area contributed by atoms with Gasteiger partial charge in [-0.1, -0.05) is 0 Å². The molecule has 1 aromatic heterocycles. The number of likely N-dealkylation sites (N-methyl/N-ethyl adjacent to an activating group) is 1. The third kappa shape index (κ3) is 1.83. The number of rotatable bonds is 2. The van der Waals surface area contributed by atoms with Crippen LogP contribution >= 0.6 is 0 Å². The van der Waals surface area contributed by atoms with Crippen LogP contribution in [0.1, 0.15) is 5.56 Å². The van der Waals surface area contributed by atoms with Gasteiger partial charge in [-0.25, -0.2) is 4.39 Å². The van der Waals surface area contributed by atoms with E-state index in [0.717, 1.165) is 16.5 Å². The number of hydrogen-bond donors (Lipinski definition) is 2. The lowest BCUT2D eigenvalue weighted by Crippen LogP contribution is -2.19. The molecular formula is C11H11FN2O. The normalized spacial score (nSPS) is 10.5. The smallest absolute Gasteiger partial charge is 0.224 e. The van der Waals surface area contributed by atoms with Crippen LogP contribution < -0.4 is 5.32 Å². The van der Waals surface area contributed by atoms with Crippen LogP contribution in [-0.2, 0) is 11.2 Å². The number of carbonyl (C=O) groups is 1. The van der Waals surface area contributed by atoms with E-state index in [1.807, 2.05) is 0 Å². The van der Waals surface area contributed by atoms with Gasteiger partial charge in [0.1, 0.15) is 5.82 Å². The largest absolute Gasteiger partial charge is 0.361 e. The molecule has 0 aliphatic heterocycles. The average molecular weight is 206 g/mol. The Balaban J connectivity index is 2.43. The van der Waals surface area contributed by atoms with Crippen LogP contribution in [0.25, 0.3) is 10.9 Å². The Kier molecular flexibility index (Phi) is 2.41. The van der Waals surface area contributed by atoms with Crippen molar-refractivity contribution in [3.63, 3.8) is 0 Å². The Morgan fingerprint density at radius 1 is 1.53 bits per heavy atom. The van der Waals surface area contributed by atoms with Crippen molar-refractivity contribution in [3.05, 3.63) is 35.8 Å². The van der Waals surface area contributed by atoms with Gasteiger partial charge in [-0.15, -0.1) is 0 Å². The van der Waals surface area contributed by atoms with Crippen molar-refractivity contribution in [2.75, 3.05) is 7.05 Å². The topological polar surface area (TPSA) is 44.9 Å². The molecule has 78 valence electrons. The minimum Gasteiger partial charge on any atom is -0.361 e. The number of carbonyl (C=O) groups excluding carboxylic acids is 1. The van der Waals surface area contributed by atoms with Crippen molar-refractivity contribution in [2.45, 2.75) is 6.42 Å². The quantitative estimate of drug-likeness (QED) is 0.770. The zero-order valence-electron chi connectivity index (χ0n) is 8.30. The van der Waals surface area contributed by atoms with E-state index in [4.69, 9.17) is 0 Å². The molecule has 0 atom stereocenters. The van der Waals surface area contributed by atoms with Crippen molar-refractivity contribution >= 4 is 16.8 Å². The highest BCUT2D eigenvalue weighted by atomic mass is 19.1. The van der Waals surface area contributed by atoms with Gasteiger partial charge in [0.2, 0.25) is 5.91 Å². The maximum absolute atomic E-state index is 13.0. The van der Waals surface area contributed by atoms with Gasteiger partial charge in [0.05, 0.1) is 6.42 Å². The molecule has 3 nitrogen and oxygen atoms in total.